The van der Waals surface area contributed by atoms with Gasteiger partial charge in [-0.05, 0) is 34.0 Å². The molecule has 4 aromatic carbocycles. The van der Waals surface area contributed by atoms with Crippen LogP contribution in [-0.2, 0) is 32.6 Å². The Kier molecular flexibility index (Phi) is 8.55. The van der Waals surface area contributed by atoms with Crippen LogP contribution in [0.4, 0.5) is 0 Å². The van der Waals surface area contributed by atoms with Crippen molar-refractivity contribution in [3.8, 4) is 0 Å². The largest absolute Gasteiger partial charge is 0.357 e. The van der Waals surface area contributed by atoms with Crippen LogP contribution in [0.3, 0.4) is 0 Å². The lowest BCUT2D eigenvalue weighted by molar-refractivity contribution is -0.141. The maximum Gasteiger partial charge on any atom is 0.243 e. The van der Waals surface area contributed by atoms with Crippen molar-refractivity contribution in [2.75, 3.05) is 20.6 Å². The van der Waals surface area contributed by atoms with Crippen LogP contribution in [0.5, 0.6) is 0 Å². The molecule has 4 rings (SSSR count). The number of nitrogens with zero attached hydrogens (tertiary/aromatic N) is 2. The van der Waals surface area contributed by atoms with E-state index >= 15 is 0 Å². The van der Waals surface area contributed by atoms with E-state index in [1.54, 1.807) is 18.2 Å². The molecule has 8 heteroatoms. The van der Waals surface area contributed by atoms with Crippen molar-refractivity contribution in [2.45, 2.75) is 23.9 Å². The second kappa shape index (κ2) is 12.0. The lowest BCUT2D eigenvalue weighted by Gasteiger charge is -2.32. The van der Waals surface area contributed by atoms with Gasteiger partial charge in [0, 0.05) is 27.1 Å². The number of carbonyl (C=O) groups excluding carboxylic acids is 2. The molecule has 0 aliphatic rings. The minimum absolute atomic E-state index is 0.105. The maximum atomic E-state index is 13.7. The van der Waals surface area contributed by atoms with Crippen molar-refractivity contribution in [3.05, 3.63) is 114 Å². The predicted octanol–water partition coefficient (Wildman–Crippen LogP) is 3.85. The molecule has 0 spiro atoms. The minimum Gasteiger partial charge on any atom is -0.357 e. The highest BCUT2D eigenvalue weighted by Crippen LogP contribution is 2.22. The molecule has 1 unspecified atom stereocenters. The zero-order valence-corrected chi connectivity index (χ0v) is 22.3. The van der Waals surface area contributed by atoms with Gasteiger partial charge in [-0.25, -0.2) is 8.42 Å². The quantitative estimate of drug-likeness (QED) is 0.338. The first-order valence-corrected chi connectivity index (χ1v) is 13.8. The Hall–Kier alpha value is -4.01. The molecule has 196 valence electrons. The number of hydrogen-bond acceptors (Lipinski definition) is 4. The number of carbonyl (C=O) groups is 2. The second-order valence-corrected chi connectivity index (χ2v) is 11.1. The number of nitrogens with one attached hydrogen (secondary N) is 1. The van der Waals surface area contributed by atoms with Gasteiger partial charge in [-0.1, -0.05) is 91.0 Å². The maximum absolute atomic E-state index is 13.7. The fourth-order valence-electron chi connectivity index (χ4n) is 4.37. The van der Waals surface area contributed by atoms with E-state index in [0.717, 1.165) is 26.2 Å². The van der Waals surface area contributed by atoms with Crippen molar-refractivity contribution in [3.63, 3.8) is 0 Å². The Morgan fingerprint density at radius 2 is 1.37 bits per heavy atom. The smallest absolute Gasteiger partial charge is 0.243 e. The molecule has 4 aromatic rings. The molecule has 0 fully saturated rings. The number of likely N-dealkylation sites (N-methyl/N-ethyl adjacent to an activating group) is 2. The van der Waals surface area contributed by atoms with Crippen molar-refractivity contribution in [1.29, 1.82) is 0 Å². The Morgan fingerprint density at radius 1 is 0.789 bits per heavy atom. The van der Waals surface area contributed by atoms with Gasteiger partial charge in [-0.15, -0.1) is 0 Å². The monoisotopic (exact) mass is 529 g/mol. The standard InChI is InChI=1S/C30H31N3O4S/c1-31-30(35)28(19-23-11-5-3-6-12-23)33(21-24-13-7-4-8-14-24)29(34)22-32(2)38(36,37)27-18-17-25-15-9-10-16-26(25)20-27/h3-18,20,28H,19,21-22H2,1-2H3,(H,31,35). The van der Waals surface area contributed by atoms with Gasteiger partial charge in [0.2, 0.25) is 21.8 Å². The van der Waals surface area contributed by atoms with Gasteiger partial charge in [0.1, 0.15) is 6.04 Å². The SMILES string of the molecule is CNC(=O)C(Cc1ccccc1)N(Cc1ccccc1)C(=O)CN(C)S(=O)(=O)c1ccc2ccccc2c1. The molecule has 0 aliphatic heterocycles. The van der Waals surface area contributed by atoms with Crippen molar-refractivity contribution >= 4 is 32.6 Å². The summed E-state index contributed by atoms with van der Waals surface area (Å²) in [7, 11) is -1.04. The third-order valence-electron chi connectivity index (χ3n) is 6.50. The van der Waals surface area contributed by atoms with Crippen LogP contribution in [0, 0.1) is 0 Å². The van der Waals surface area contributed by atoms with Crippen LogP contribution < -0.4 is 5.32 Å². The van der Waals surface area contributed by atoms with E-state index in [1.807, 2.05) is 84.9 Å². The Balaban J connectivity index is 1.63. The van der Waals surface area contributed by atoms with Gasteiger partial charge >= 0.3 is 0 Å². The fourth-order valence-corrected chi connectivity index (χ4v) is 5.53. The summed E-state index contributed by atoms with van der Waals surface area (Å²) in [5.41, 5.74) is 1.73. The van der Waals surface area contributed by atoms with Crippen LogP contribution in [0.15, 0.2) is 108 Å². The number of benzene rings is 4. The molecule has 7 nitrogen and oxygen atoms in total. The average molecular weight is 530 g/mol. The van der Waals surface area contributed by atoms with Gasteiger partial charge in [-0.3, -0.25) is 9.59 Å². The summed E-state index contributed by atoms with van der Waals surface area (Å²) >= 11 is 0. The molecule has 0 saturated heterocycles. The molecular formula is C30H31N3O4S. The molecule has 0 radical (unpaired) electrons. The highest BCUT2D eigenvalue weighted by atomic mass is 32.2. The van der Waals surface area contributed by atoms with E-state index in [1.165, 1.54) is 19.0 Å². The molecule has 0 saturated carbocycles. The lowest BCUT2D eigenvalue weighted by Crippen LogP contribution is -2.52. The number of rotatable bonds is 10. The number of hydrogen-bond donors (Lipinski definition) is 1. The van der Waals surface area contributed by atoms with Gasteiger partial charge in [0.05, 0.1) is 11.4 Å². The molecule has 0 heterocycles. The van der Waals surface area contributed by atoms with Crippen LogP contribution in [-0.4, -0.2) is 56.1 Å². The third-order valence-corrected chi connectivity index (χ3v) is 8.30. The van der Waals surface area contributed by atoms with E-state index in [9.17, 15) is 18.0 Å². The molecule has 1 atom stereocenters. The second-order valence-electron chi connectivity index (χ2n) is 9.10. The topological polar surface area (TPSA) is 86.8 Å². The Labute approximate surface area is 223 Å². The number of amides is 2. The van der Waals surface area contributed by atoms with Gasteiger partial charge in [-0.2, -0.15) is 4.31 Å². The summed E-state index contributed by atoms with van der Waals surface area (Å²) in [6.45, 7) is -0.251. The molecule has 0 bridgehead atoms. The molecular weight excluding hydrogens is 498 g/mol. The van der Waals surface area contributed by atoms with E-state index in [-0.39, 0.29) is 17.3 Å². The highest BCUT2D eigenvalue weighted by molar-refractivity contribution is 7.89. The lowest BCUT2D eigenvalue weighted by atomic mass is 10.0. The molecule has 0 aliphatic carbocycles. The zero-order valence-electron chi connectivity index (χ0n) is 21.4. The van der Waals surface area contributed by atoms with E-state index < -0.39 is 28.5 Å². The third kappa shape index (κ3) is 6.27. The summed E-state index contributed by atoms with van der Waals surface area (Å²) in [4.78, 5) is 28.4. The Morgan fingerprint density at radius 3 is 2.00 bits per heavy atom. The van der Waals surface area contributed by atoms with E-state index in [4.69, 9.17) is 0 Å². The van der Waals surface area contributed by atoms with Crippen LogP contribution in [0.25, 0.3) is 10.8 Å². The van der Waals surface area contributed by atoms with E-state index in [0.29, 0.717) is 6.42 Å². The van der Waals surface area contributed by atoms with Gasteiger partial charge in [0.25, 0.3) is 0 Å². The van der Waals surface area contributed by atoms with Crippen LogP contribution in [0.1, 0.15) is 11.1 Å². The van der Waals surface area contributed by atoms with Crippen LogP contribution in [0.2, 0.25) is 0 Å². The Bertz CT molecular complexity index is 1510. The highest BCUT2D eigenvalue weighted by Gasteiger charge is 2.32. The van der Waals surface area contributed by atoms with E-state index in [2.05, 4.69) is 5.32 Å². The summed E-state index contributed by atoms with van der Waals surface area (Å²) < 4.78 is 27.9. The summed E-state index contributed by atoms with van der Waals surface area (Å²) in [6.07, 6.45) is 0.292. The van der Waals surface area contributed by atoms with Crippen molar-refractivity contribution < 1.29 is 18.0 Å². The molecule has 2 amide bonds. The average Bonchev–Trinajstić information content (AvgIpc) is 2.95. The molecule has 1 N–H and O–H groups in total. The summed E-state index contributed by atoms with van der Waals surface area (Å²) in [6, 6.07) is 30.4. The minimum atomic E-state index is -3.96. The number of sulfonamides is 1. The predicted molar refractivity (Wildman–Crippen MR) is 149 cm³/mol. The van der Waals surface area contributed by atoms with Gasteiger partial charge in [0.15, 0.2) is 0 Å². The number of fused-ring (bicyclic) bond motifs is 1. The molecule has 0 aromatic heterocycles. The molecule has 38 heavy (non-hydrogen) atoms. The first kappa shape index (κ1) is 27.0. The van der Waals surface area contributed by atoms with Crippen molar-refractivity contribution in [1.82, 2.24) is 14.5 Å². The normalized spacial score (nSPS) is 12.3. The fraction of sp³-hybridized carbons (Fsp3) is 0.200. The summed E-state index contributed by atoms with van der Waals surface area (Å²) in [5.74, 6) is -0.788. The van der Waals surface area contributed by atoms with Crippen molar-refractivity contribution in [2.24, 2.45) is 0 Å². The first-order valence-electron chi connectivity index (χ1n) is 12.3. The van der Waals surface area contributed by atoms with Crippen LogP contribution >= 0.6 is 0 Å². The van der Waals surface area contributed by atoms with Gasteiger partial charge < -0.3 is 10.2 Å². The zero-order chi connectivity index (χ0) is 27.1. The summed E-state index contributed by atoms with van der Waals surface area (Å²) in [5, 5.41) is 4.39. The first-order chi connectivity index (χ1) is 18.3.